The lowest BCUT2D eigenvalue weighted by Gasteiger charge is -2.36. The van der Waals surface area contributed by atoms with E-state index in [1.54, 1.807) is 0 Å². The first-order chi connectivity index (χ1) is 15.4. The Kier molecular flexibility index (Phi) is 17.0. The molecule has 2 rings (SSSR count). The molecule has 0 heterocycles. The molecule has 0 saturated heterocycles. The predicted molar refractivity (Wildman–Crippen MR) is 150 cm³/mol. The van der Waals surface area contributed by atoms with Crippen molar-refractivity contribution in [3.8, 4) is 0 Å². The van der Waals surface area contributed by atoms with E-state index >= 15 is 0 Å². The van der Waals surface area contributed by atoms with E-state index in [0.717, 1.165) is 51.4 Å². The Morgan fingerprint density at radius 2 is 1.55 bits per heavy atom. The van der Waals surface area contributed by atoms with Crippen LogP contribution in [-0.2, 0) is 4.79 Å². The van der Waals surface area contributed by atoms with E-state index < -0.39 is 5.60 Å². The molecular formula is C30H51BrO2. The summed E-state index contributed by atoms with van der Waals surface area (Å²) in [4.78, 5) is 11.2. The van der Waals surface area contributed by atoms with Gasteiger partial charge in [-0.2, -0.15) is 0 Å². The van der Waals surface area contributed by atoms with Crippen molar-refractivity contribution in [1.29, 1.82) is 0 Å². The summed E-state index contributed by atoms with van der Waals surface area (Å²) in [5.74, 6) is 0.784. The van der Waals surface area contributed by atoms with Crippen molar-refractivity contribution in [3.05, 3.63) is 47.6 Å². The Balaban J connectivity index is 0.000000510. The Morgan fingerprint density at radius 3 is 1.94 bits per heavy atom. The van der Waals surface area contributed by atoms with Crippen LogP contribution in [0.15, 0.2) is 47.6 Å². The van der Waals surface area contributed by atoms with E-state index in [2.05, 4.69) is 76.7 Å². The summed E-state index contributed by atoms with van der Waals surface area (Å²) in [7, 11) is 0. The Bertz CT molecular complexity index is 671. The summed E-state index contributed by atoms with van der Waals surface area (Å²) >= 11 is 3.49. The maximum absolute atomic E-state index is 10.6. The van der Waals surface area contributed by atoms with Crippen molar-refractivity contribution < 1.29 is 9.90 Å². The van der Waals surface area contributed by atoms with Crippen LogP contribution in [0, 0.1) is 5.92 Å². The molecule has 33 heavy (non-hydrogen) atoms. The van der Waals surface area contributed by atoms with Gasteiger partial charge in [-0.1, -0.05) is 64.2 Å². The zero-order valence-electron chi connectivity index (χ0n) is 22.4. The highest BCUT2D eigenvalue weighted by Gasteiger charge is 2.33. The molecule has 0 bridgehead atoms. The number of carbonyl (C=O) groups is 1. The van der Waals surface area contributed by atoms with Crippen molar-refractivity contribution >= 4 is 21.7 Å². The van der Waals surface area contributed by atoms with Gasteiger partial charge in [-0.15, -0.1) is 13.2 Å². The van der Waals surface area contributed by atoms with Gasteiger partial charge in [0.05, 0.1) is 5.60 Å². The van der Waals surface area contributed by atoms with E-state index in [1.807, 2.05) is 6.08 Å². The minimum absolute atomic E-state index is 0.385. The maximum atomic E-state index is 10.6. The quantitative estimate of drug-likeness (QED) is 0.241. The third-order valence-corrected chi connectivity index (χ3v) is 7.05. The summed E-state index contributed by atoms with van der Waals surface area (Å²) in [5.41, 5.74) is 4.89. The largest absolute Gasteiger partial charge is 0.389 e. The predicted octanol–water partition coefficient (Wildman–Crippen LogP) is 9.43. The highest BCUT2D eigenvalue weighted by atomic mass is 79.9. The normalized spacial score (nSPS) is 21.9. The van der Waals surface area contributed by atoms with Gasteiger partial charge in [0.15, 0.2) is 0 Å². The van der Waals surface area contributed by atoms with E-state index in [9.17, 15) is 9.90 Å². The first-order valence-corrected chi connectivity index (χ1v) is 13.8. The SMILES string of the molecule is C=C(C)CCCC(C)Br.C=C(C)CCCC(C)C1(O)CC=C(C)CC1.CC1=CCC(=O)CC1. The number of Topliss-reactive ketones (excluding diaryl/α,β-unsaturated/α-hetero) is 1. The number of hydrogen-bond donors (Lipinski definition) is 1. The summed E-state index contributed by atoms with van der Waals surface area (Å²) in [6.07, 6.45) is 16.5. The van der Waals surface area contributed by atoms with Crippen LogP contribution in [0.4, 0.5) is 0 Å². The van der Waals surface area contributed by atoms with E-state index in [1.165, 1.54) is 41.6 Å². The van der Waals surface area contributed by atoms with Gasteiger partial charge in [0.25, 0.3) is 0 Å². The summed E-state index contributed by atoms with van der Waals surface area (Å²) < 4.78 is 0. The molecule has 0 fully saturated rings. The average Bonchev–Trinajstić information content (AvgIpc) is 2.72. The smallest absolute Gasteiger partial charge is 0.136 e. The van der Waals surface area contributed by atoms with Gasteiger partial charge in [0.1, 0.15) is 5.78 Å². The highest BCUT2D eigenvalue weighted by molar-refractivity contribution is 9.09. The molecule has 0 aliphatic heterocycles. The third kappa shape index (κ3) is 17.2. The molecule has 1 N–H and O–H groups in total. The molecule has 0 radical (unpaired) electrons. The van der Waals surface area contributed by atoms with Crippen LogP contribution in [0.25, 0.3) is 0 Å². The van der Waals surface area contributed by atoms with Gasteiger partial charge in [0.2, 0.25) is 0 Å². The number of ketones is 1. The van der Waals surface area contributed by atoms with Crippen LogP contribution < -0.4 is 0 Å². The summed E-state index contributed by atoms with van der Waals surface area (Å²) in [6, 6.07) is 0. The molecule has 0 saturated carbocycles. The minimum Gasteiger partial charge on any atom is -0.389 e. The fraction of sp³-hybridized carbons (Fsp3) is 0.700. The first kappa shape index (κ1) is 32.1. The molecule has 2 aliphatic rings. The number of alkyl halides is 1. The molecule has 3 unspecified atom stereocenters. The molecule has 3 heteroatoms. The van der Waals surface area contributed by atoms with Crippen LogP contribution in [0.1, 0.15) is 119 Å². The summed E-state index contributed by atoms with van der Waals surface area (Å²) in [5, 5.41) is 10.6. The Labute approximate surface area is 213 Å². The lowest BCUT2D eigenvalue weighted by atomic mass is 9.75. The molecule has 0 aromatic heterocycles. The molecular weight excluding hydrogens is 472 g/mol. The fourth-order valence-corrected chi connectivity index (χ4v) is 4.23. The molecule has 0 aromatic carbocycles. The van der Waals surface area contributed by atoms with Crippen LogP contribution in [0.5, 0.6) is 0 Å². The average molecular weight is 524 g/mol. The lowest BCUT2D eigenvalue weighted by Crippen LogP contribution is -2.37. The van der Waals surface area contributed by atoms with Crippen molar-refractivity contribution in [2.75, 3.05) is 0 Å². The van der Waals surface area contributed by atoms with Gasteiger partial charge >= 0.3 is 0 Å². The summed E-state index contributed by atoms with van der Waals surface area (Å²) in [6.45, 7) is 20.5. The second-order valence-electron chi connectivity index (χ2n) is 10.5. The second-order valence-corrected chi connectivity index (χ2v) is 12.1. The number of aliphatic hydroxyl groups is 1. The Hall–Kier alpha value is -0.930. The van der Waals surface area contributed by atoms with Crippen molar-refractivity contribution in [1.82, 2.24) is 0 Å². The molecule has 2 aliphatic carbocycles. The minimum atomic E-state index is -0.450. The topological polar surface area (TPSA) is 37.3 Å². The van der Waals surface area contributed by atoms with Crippen LogP contribution in [0.2, 0.25) is 0 Å². The maximum Gasteiger partial charge on any atom is 0.136 e. The molecule has 0 aromatic rings. The molecule has 0 spiro atoms. The zero-order valence-corrected chi connectivity index (χ0v) is 24.0. The third-order valence-electron chi connectivity index (χ3n) is 6.60. The highest BCUT2D eigenvalue weighted by Crippen LogP contribution is 2.36. The molecule has 190 valence electrons. The van der Waals surface area contributed by atoms with E-state index in [-0.39, 0.29) is 0 Å². The molecule has 0 amide bonds. The van der Waals surface area contributed by atoms with Crippen molar-refractivity contribution in [2.45, 2.75) is 129 Å². The van der Waals surface area contributed by atoms with Gasteiger partial charge < -0.3 is 5.11 Å². The standard InChI is InChI=1S/C15H26O.C8H15Br.C7H10O/c1-12(2)6-5-7-14(4)15(16)10-8-13(3)9-11-15;1-7(2)5-4-6-8(3)9;1-6-2-4-7(8)5-3-6/h8,14,16H,1,5-7,9-11H2,2-4H3;8H,1,4-6H2,2-3H3;2H,3-5H2,1H3. The number of allylic oxidation sites excluding steroid dienone is 5. The van der Waals surface area contributed by atoms with Gasteiger partial charge in [-0.25, -0.2) is 0 Å². The van der Waals surface area contributed by atoms with Gasteiger partial charge in [-0.3, -0.25) is 4.79 Å². The number of hydrogen-bond acceptors (Lipinski definition) is 2. The first-order valence-electron chi connectivity index (χ1n) is 12.8. The molecule has 3 atom stereocenters. The number of carbonyl (C=O) groups excluding carboxylic acids is 1. The van der Waals surface area contributed by atoms with Crippen LogP contribution in [0.3, 0.4) is 0 Å². The zero-order chi connectivity index (χ0) is 25.4. The van der Waals surface area contributed by atoms with Crippen molar-refractivity contribution in [3.63, 3.8) is 0 Å². The fourth-order valence-electron chi connectivity index (χ4n) is 3.91. The van der Waals surface area contributed by atoms with Crippen LogP contribution >= 0.6 is 15.9 Å². The van der Waals surface area contributed by atoms with Gasteiger partial charge in [-0.05, 0) is 97.8 Å². The monoisotopic (exact) mass is 522 g/mol. The second kappa shape index (κ2) is 17.5. The molecule has 2 nitrogen and oxygen atoms in total. The van der Waals surface area contributed by atoms with E-state index in [0.29, 0.717) is 22.9 Å². The van der Waals surface area contributed by atoms with Crippen LogP contribution in [-0.4, -0.2) is 21.3 Å². The van der Waals surface area contributed by atoms with Crippen molar-refractivity contribution in [2.24, 2.45) is 5.92 Å². The number of rotatable bonds is 9. The van der Waals surface area contributed by atoms with E-state index in [4.69, 9.17) is 0 Å². The number of halogens is 1. The lowest BCUT2D eigenvalue weighted by molar-refractivity contribution is -0.118. The van der Waals surface area contributed by atoms with Gasteiger partial charge in [0, 0.05) is 17.7 Å². The Morgan fingerprint density at radius 1 is 1.00 bits per heavy atom.